The first-order valence-corrected chi connectivity index (χ1v) is 6.57. The van der Waals surface area contributed by atoms with Crippen molar-refractivity contribution in [3.05, 3.63) is 64.1 Å². The lowest BCUT2D eigenvalue weighted by atomic mass is 10.1. The van der Waals surface area contributed by atoms with Crippen molar-refractivity contribution in [2.45, 2.75) is 13.8 Å². The van der Waals surface area contributed by atoms with E-state index in [1.807, 2.05) is 31.2 Å². The third kappa shape index (κ3) is 3.44. The highest BCUT2D eigenvalue weighted by Gasteiger charge is 1.97. The summed E-state index contributed by atoms with van der Waals surface area (Å²) in [7, 11) is 0. The predicted molar refractivity (Wildman–Crippen MR) is 81.2 cm³/mol. The smallest absolute Gasteiger partial charge is 0.0648 e. The maximum Gasteiger partial charge on any atom is 0.0648 e. The molecule has 0 aromatic heterocycles. The zero-order chi connectivity index (χ0) is 13.0. The zero-order valence-corrected chi connectivity index (χ0v) is 12.0. The highest BCUT2D eigenvalue weighted by Crippen LogP contribution is 2.14. The molecule has 0 radical (unpaired) electrons. The first kappa shape index (κ1) is 12.8. The summed E-state index contributed by atoms with van der Waals surface area (Å²) >= 11 is 3.41. The highest BCUT2D eigenvalue weighted by atomic mass is 79.9. The van der Waals surface area contributed by atoms with Gasteiger partial charge in [-0.15, -0.1) is 0 Å². The van der Waals surface area contributed by atoms with Crippen LogP contribution >= 0.6 is 15.9 Å². The standard InChI is InChI=1S/C15H15BrN2/c1-11-3-5-13(6-4-11)12(2)17-18-15-9-7-14(16)8-10-15/h3-10,18H,1-2H3/b17-12+. The van der Waals surface area contributed by atoms with Crippen LogP contribution in [0.5, 0.6) is 0 Å². The topological polar surface area (TPSA) is 24.4 Å². The van der Waals surface area contributed by atoms with Gasteiger partial charge in [-0.05, 0) is 43.7 Å². The Hall–Kier alpha value is -1.61. The van der Waals surface area contributed by atoms with Crippen LogP contribution in [0.25, 0.3) is 0 Å². The van der Waals surface area contributed by atoms with Crippen molar-refractivity contribution in [2.24, 2.45) is 5.10 Å². The number of hydrazone groups is 1. The molecule has 0 unspecified atom stereocenters. The van der Waals surface area contributed by atoms with Crippen LogP contribution in [0, 0.1) is 6.92 Å². The molecule has 0 saturated heterocycles. The van der Waals surface area contributed by atoms with Gasteiger partial charge in [-0.25, -0.2) is 0 Å². The van der Waals surface area contributed by atoms with Crippen LogP contribution in [0.15, 0.2) is 58.1 Å². The SMILES string of the molecule is C/C(=N\Nc1ccc(Br)cc1)c1ccc(C)cc1. The third-order valence-corrected chi connectivity index (χ3v) is 3.19. The van der Waals surface area contributed by atoms with Gasteiger partial charge in [-0.1, -0.05) is 45.8 Å². The summed E-state index contributed by atoms with van der Waals surface area (Å²) in [6.07, 6.45) is 0. The summed E-state index contributed by atoms with van der Waals surface area (Å²) in [6.45, 7) is 4.08. The lowest BCUT2D eigenvalue weighted by molar-refractivity contribution is 1.32. The van der Waals surface area contributed by atoms with Gasteiger partial charge in [0, 0.05) is 4.47 Å². The first-order chi connectivity index (χ1) is 8.65. The van der Waals surface area contributed by atoms with E-state index in [0.29, 0.717) is 0 Å². The second-order valence-electron chi connectivity index (χ2n) is 4.18. The van der Waals surface area contributed by atoms with Crippen LogP contribution in [0.1, 0.15) is 18.1 Å². The summed E-state index contributed by atoms with van der Waals surface area (Å²) in [5.74, 6) is 0. The third-order valence-electron chi connectivity index (χ3n) is 2.67. The molecule has 0 aliphatic carbocycles. The van der Waals surface area contributed by atoms with E-state index in [9.17, 15) is 0 Å². The van der Waals surface area contributed by atoms with Crippen molar-refractivity contribution in [1.82, 2.24) is 0 Å². The van der Waals surface area contributed by atoms with E-state index < -0.39 is 0 Å². The van der Waals surface area contributed by atoms with Crippen LogP contribution in [0.3, 0.4) is 0 Å². The molecular weight excluding hydrogens is 288 g/mol. The molecule has 18 heavy (non-hydrogen) atoms. The maximum absolute atomic E-state index is 4.38. The summed E-state index contributed by atoms with van der Waals surface area (Å²) in [5.41, 5.74) is 7.39. The molecule has 1 N–H and O–H groups in total. The number of nitrogens with one attached hydrogen (secondary N) is 1. The molecular formula is C15H15BrN2. The van der Waals surface area contributed by atoms with Gasteiger partial charge in [0.2, 0.25) is 0 Å². The number of hydrogen-bond donors (Lipinski definition) is 1. The lowest BCUT2D eigenvalue weighted by Gasteiger charge is -2.04. The lowest BCUT2D eigenvalue weighted by Crippen LogP contribution is -1.99. The van der Waals surface area contributed by atoms with Gasteiger partial charge in [0.15, 0.2) is 0 Å². The Balaban J connectivity index is 2.09. The van der Waals surface area contributed by atoms with E-state index in [0.717, 1.165) is 21.4 Å². The summed E-state index contributed by atoms with van der Waals surface area (Å²) in [4.78, 5) is 0. The molecule has 0 atom stereocenters. The van der Waals surface area contributed by atoms with Crippen LogP contribution in [0.2, 0.25) is 0 Å². The van der Waals surface area contributed by atoms with Crippen molar-refractivity contribution in [2.75, 3.05) is 5.43 Å². The Labute approximate surface area is 116 Å². The van der Waals surface area contributed by atoms with E-state index in [4.69, 9.17) is 0 Å². The average molecular weight is 303 g/mol. The summed E-state index contributed by atoms with van der Waals surface area (Å²) < 4.78 is 1.06. The minimum absolute atomic E-state index is 0.970. The molecule has 0 amide bonds. The van der Waals surface area contributed by atoms with Crippen LogP contribution in [0.4, 0.5) is 5.69 Å². The Kier molecular flexibility index (Phi) is 4.15. The maximum atomic E-state index is 4.38. The molecule has 0 saturated carbocycles. The molecule has 0 aliphatic rings. The number of halogens is 1. The number of rotatable bonds is 3. The largest absolute Gasteiger partial charge is 0.278 e. The molecule has 0 bridgehead atoms. The van der Waals surface area contributed by atoms with Gasteiger partial charge >= 0.3 is 0 Å². The quantitative estimate of drug-likeness (QED) is 0.650. The van der Waals surface area contributed by atoms with E-state index >= 15 is 0 Å². The fourth-order valence-corrected chi connectivity index (χ4v) is 1.80. The van der Waals surface area contributed by atoms with Crippen LogP contribution in [-0.2, 0) is 0 Å². The Morgan fingerprint density at radius 1 is 1.00 bits per heavy atom. The Morgan fingerprint density at radius 2 is 1.61 bits per heavy atom. The van der Waals surface area contributed by atoms with Gasteiger partial charge < -0.3 is 0 Å². The normalized spacial score (nSPS) is 11.4. The van der Waals surface area contributed by atoms with Gasteiger partial charge in [0.25, 0.3) is 0 Å². The number of nitrogens with zero attached hydrogens (tertiary/aromatic N) is 1. The van der Waals surface area contributed by atoms with Gasteiger partial charge in [0.1, 0.15) is 0 Å². The Morgan fingerprint density at radius 3 is 2.22 bits per heavy atom. The molecule has 2 aromatic rings. The van der Waals surface area contributed by atoms with Crippen molar-refractivity contribution in [3.63, 3.8) is 0 Å². The van der Waals surface area contributed by atoms with E-state index in [2.05, 4.69) is 57.6 Å². The molecule has 2 aromatic carbocycles. The fourth-order valence-electron chi connectivity index (χ4n) is 1.53. The van der Waals surface area contributed by atoms with Crippen LogP contribution < -0.4 is 5.43 Å². The highest BCUT2D eigenvalue weighted by molar-refractivity contribution is 9.10. The van der Waals surface area contributed by atoms with Gasteiger partial charge in [-0.3, -0.25) is 5.43 Å². The summed E-state index contributed by atoms with van der Waals surface area (Å²) in [6, 6.07) is 16.3. The number of hydrogen-bond acceptors (Lipinski definition) is 2. The van der Waals surface area contributed by atoms with E-state index in [1.165, 1.54) is 5.56 Å². The zero-order valence-electron chi connectivity index (χ0n) is 10.4. The van der Waals surface area contributed by atoms with E-state index in [1.54, 1.807) is 0 Å². The minimum atomic E-state index is 0.970. The molecule has 2 nitrogen and oxygen atoms in total. The molecule has 0 fully saturated rings. The minimum Gasteiger partial charge on any atom is -0.278 e. The monoisotopic (exact) mass is 302 g/mol. The Bertz CT molecular complexity index is 542. The predicted octanol–water partition coefficient (Wildman–Crippen LogP) is 4.59. The van der Waals surface area contributed by atoms with Crippen molar-refractivity contribution < 1.29 is 0 Å². The number of anilines is 1. The fraction of sp³-hybridized carbons (Fsp3) is 0.133. The van der Waals surface area contributed by atoms with Gasteiger partial charge in [-0.2, -0.15) is 5.10 Å². The molecule has 3 heteroatoms. The van der Waals surface area contributed by atoms with Crippen molar-refractivity contribution in [3.8, 4) is 0 Å². The van der Waals surface area contributed by atoms with E-state index in [-0.39, 0.29) is 0 Å². The second-order valence-corrected chi connectivity index (χ2v) is 5.10. The molecule has 2 rings (SSSR count). The number of aryl methyl sites for hydroxylation is 1. The van der Waals surface area contributed by atoms with Gasteiger partial charge in [0.05, 0.1) is 11.4 Å². The molecule has 0 heterocycles. The summed E-state index contributed by atoms with van der Waals surface area (Å²) in [5, 5.41) is 4.38. The average Bonchev–Trinajstić information content (AvgIpc) is 2.38. The first-order valence-electron chi connectivity index (χ1n) is 5.78. The van der Waals surface area contributed by atoms with Crippen LogP contribution in [-0.4, -0.2) is 5.71 Å². The molecule has 0 aliphatic heterocycles. The number of benzene rings is 2. The molecule has 92 valence electrons. The second kappa shape index (κ2) is 5.83. The van der Waals surface area contributed by atoms with Crippen molar-refractivity contribution in [1.29, 1.82) is 0 Å². The molecule has 0 spiro atoms. The van der Waals surface area contributed by atoms with Crippen molar-refractivity contribution >= 4 is 27.3 Å².